The van der Waals surface area contributed by atoms with Gasteiger partial charge in [-0.1, -0.05) is 13.0 Å². The number of hydrogen-bond donors (Lipinski definition) is 1. The summed E-state index contributed by atoms with van der Waals surface area (Å²) >= 11 is 0. The second-order valence-corrected chi connectivity index (χ2v) is 3.51. The largest absolute Gasteiger partial charge is 0.540 e. The molecule has 10 heavy (non-hydrogen) atoms. The van der Waals surface area contributed by atoms with Crippen LogP contribution in [0.4, 0.5) is 0 Å². The van der Waals surface area contributed by atoms with Crippen molar-refractivity contribution in [1.82, 2.24) is 4.72 Å². The third-order valence-electron chi connectivity index (χ3n) is 0.568. The normalized spacial score (nSPS) is 13.4. The molecule has 6 heteroatoms. The summed E-state index contributed by atoms with van der Waals surface area (Å²) in [5.41, 5.74) is 0. The molecule has 1 unspecified atom stereocenters. The fourth-order valence-corrected chi connectivity index (χ4v) is 1.04. The van der Waals surface area contributed by atoms with Gasteiger partial charge >= 0.3 is 0 Å². The van der Waals surface area contributed by atoms with Crippen LogP contribution in [-0.2, 0) is 35.9 Å². The Balaban J connectivity index is 0. The molecule has 0 aromatic heterocycles. The topological polar surface area (TPSA) is 63.2 Å². The van der Waals surface area contributed by atoms with Crippen LogP contribution < -0.4 is 4.72 Å². The standard InChI is InChI=1S/C4H8NO3S.W/c1-4(3-6)5-9(2,7)8;/h4-5H,1-2H3;/q-1;. The van der Waals surface area contributed by atoms with Crippen molar-refractivity contribution in [3.05, 3.63) is 0 Å². The first-order chi connectivity index (χ1) is 3.95. The Bertz CT molecular complexity index is 189. The summed E-state index contributed by atoms with van der Waals surface area (Å²) in [4.78, 5) is 9.73. The molecule has 0 aromatic carbocycles. The summed E-state index contributed by atoms with van der Waals surface area (Å²) in [6.07, 6.45) is 2.47. The number of sulfonamides is 1. The predicted molar refractivity (Wildman–Crippen MR) is 33.1 cm³/mol. The van der Waals surface area contributed by atoms with Crippen molar-refractivity contribution in [3.63, 3.8) is 0 Å². The summed E-state index contributed by atoms with van der Waals surface area (Å²) in [6.45, 7) is 1.41. The zero-order valence-corrected chi connectivity index (χ0v) is 9.37. The van der Waals surface area contributed by atoms with Gasteiger partial charge in [0.15, 0.2) is 0 Å². The smallest absolute Gasteiger partial charge is 0.206 e. The van der Waals surface area contributed by atoms with Gasteiger partial charge in [0, 0.05) is 21.1 Å². The first kappa shape index (κ1) is 12.9. The van der Waals surface area contributed by atoms with Gasteiger partial charge in [0.25, 0.3) is 0 Å². The monoisotopic (exact) mass is 334 g/mol. The first-order valence-corrected chi connectivity index (χ1v) is 4.20. The fraction of sp³-hybridized carbons (Fsp3) is 0.750. The van der Waals surface area contributed by atoms with E-state index in [0.717, 1.165) is 6.26 Å². The van der Waals surface area contributed by atoms with Crippen molar-refractivity contribution < 1.29 is 34.3 Å². The summed E-state index contributed by atoms with van der Waals surface area (Å²) in [5.74, 6) is 0. The van der Waals surface area contributed by atoms with E-state index in [1.807, 2.05) is 4.72 Å². The molecular weight excluding hydrogens is 326 g/mol. The molecule has 0 bridgehead atoms. The molecular formula is C4H8NO3SW-. The molecule has 0 aliphatic rings. The molecule has 1 atom stereocenters. The van der Waals surface area contributed by atoms with Gasteiger partial charge in [0.1, 0.15) is 0 Å². The molecule has 4 nitrogen and oxygen atoms in total. The van der Waals surface area contributed by atoms with Crippen LogP contribution in [0.2, 0.25) is 0 Å². The quantitative estimate of drug-likeness (QED) is 0.676. The van der Waals surface area contributed by atoms with Gasteiger partial charge in [-0.3, -0.25) is 0 Å². The van der Waals surface area contributed by atoms with E-state index in [1.165, 1.54) is 13.2 Å². The van der Waals surface area contributed by atoms with Crippen molar-refractivity contribution in [3.8, 4) is 0 Å². The van der Waals surface area contributed by atoms with Gasteiger partial charge in [-0.2, -0.15) is 0 Å². The average molecular weight is 334 g/mol. The molecule has 60 valence electrons. The number of carbonyl (C=O) groups excluding carboxylic acids is 1. The summed E-state index contributed by atoms with van der Waals surface area (Å²) < 4.78 is 22.6. The number of hydrogen-bond acceptors (Lipinski definition) is 3. The van der Waals surface area contributed by atoms with E-state index in [2.05, 4.69) is 0 Å². The van der Waals surface area contributed by atoms with E-state index in [4.69, 9.17) is 0 Å². The van der Waals surface area contributed by atoms with Crippen LogP contribution >= 0.6 is 0 Å². The minimum Gasteiger partial charge on any atom is -0.540 e. The third-order valence-corrected chi connectivity index (χ3v) is 1.35. The Morgan fingerprint density at radius 3 is 2.00 bits per heavy atom. The molecule has 0 rings (SSSR count). The Kier molecular flexibility index (Phi) is 6.44. The Morgan fingerprint density at radius 2 is 1.90 bits per heavy atom. The zero-order valence-electron chi connectivity index (χ0n) is 5.62. The summed E-state index contributed by atoms with van der Waals surface area (Å²) in [5, 5.41) is 0. The van der Waals surface area contributed by atoms with E-state index in [0.29, 0.717) is 0 Å². The van der Waals surface area contributed by atoms with Crippen molar-refractivity contribution in [2.24, 2.45) is 0 Å². The minimum absolute atomic E-state index is 0. The van der Waals surface area contributed by atoms with E-state index in [1.54, 1.807) is 0 Å². The van der Waals surface area contributed by atoms with Crippen molar-refractivity contribution in [2.75, 3.05) is 6.26 Å². The Hall–Kier alpha value is 0.268. The minimum atomic E-state index is -3.25. The van der Waals surface area contributed by atoms with Gasteiger partial charge < -0.3 is 4.79 Å². The van der Waals surface area contributed by atoms with Crippen molar-refractivity contribution >= 4 is 16.3 Å². The van der Waals surface area contributed by atoms with Crippen LogP contribution in [0.25, 0.3) is 0 Å². The van der Waals surface area contributed by atoms with Gasteiger partial charge in [-0.05, 0) is 0 Å². The average Bonchev–Trinajstić information content (AvgIpc) is 1.62. The van der Waals surface area contributed by atoms with E-state index in [-0.39, 0.29) is 21.1 Å². The first-order valence-electron chi connectivity index (χ1n) is 2.30. The maximum absolute atomic E-state index is 10.3. The van der Waals surface area contributed by atoms with Crippen LogP contribution in [0.1, 0.15) is 6.92 Å². The number of nitrogens with one attached hydrogen (secondary N) is 1. The predicted octanol–water partition coefficient (Wildman–Crippen LogP) is -0.969. The van der Waals surface area contributed by atoms with Crippen LogP contribution in [0.15, 0.2) is 0 Å². The van der Waals surface area contributed by atoms with Crippen LogP contribution in [0.5, 0.6) is 0 Å². The van der Waals surface area contributed by atoms with Crippen LogP contribution in [0, 0.1) is 0 Å². The van der Waals surface area contributed by atoms with Gasteiger partial charge in [0.05, 0.1) is 6.26 Å². The van der Waals surface area contributed by atoms with Gasteiger partial charge in [-0.25, -0.2) is 19.4 Å². The Labute approximate surface area is 74.7 Å². The summed E-state index contributed by atoms with van der Waals surface area (Å²) in [6, 6.07) is -0.750. The molecule has 0 aliphatic heterocycles. The SMILES string of the molecule is CC([C-]=O)NS(C)(=O)=O.[W]. The van der Waals surface area contributed by atoms with Crippen molar-refractivity contribution in [1.29, 1.82) is 0 Å². The fourth-order valence-electron chi connectivity index (χ4n) is 0.345. The molecule has 0 spiro atoms. The second kappa shape index (κ2) is 4.99. The van der Waals surface area contributed by atoms with E-state index >= 15 is 0 Å². The molecule has 0 saturated heterocycles. The van der Waals surface area contributed by atoms with Crippen LogP contribution in [-0.4, -0.2) is 27.0 Å². The van der Waals surface area contributed by atoms with Gasteiger partial charge in [-0.15, -0.1) is 0 Å². The maximum Gasteiger partial charge on any atom is 0.206 e. The molecule has 0 aromatic rings. The number of rotatable bonds is 3. The molecule has 1 N–H and O–H groups in total. The molecule has 0 fully saturated rings. The van der Waals surface area contributed by atoms with Crippen molar-refractivity contribution in [2.45, 2.75) is 13.0 Å². The van der Waals surface area contributed by atoms with Gasteiger partial charge in [0.2, 0.25) is 10.0 Å². The zero-order chi connectivity index (χ0) is 7.49. The maximum atomic E-state index is 10.3. The molecule has 0 aliphatic carbocycles. The van der Waals surface area contributed by atoms with E-state index < -0.39 is 16.1 Å². The second-order valence-electron chi connectivity index (χ2n) is 1.73. The third kappa shape index (κ3) is 8.27. The Morgan fingerprint density at radius 1 is 1.50 bits per heavy atom. The molecule has 0 heterocycles. The molecule has 0 radical (unpaired) electrons. The van der Waals surface area contributed by atoms with Crippen LogP contribution in [0.3, 0.4) is 0 Å². The van der Waals surface area contributed by atoms with E-state index in [9.17, 15) is 13.2 Å². The summed E-state index contributed by atoms with van der Waals surface area (Å²) in [7, 11) is -3.25. The molecule has 0 saturated carbocycles. The molecule has 0 amide bonds.